The molecule has 124 valence electrons. The maximum absolute atomic E-state index is 11.5. The van der Waals surface area contributed by atoms with Gasteiger partial charge < -0.3 is 19.5 Å². The molecule has 1 N–H and O–H groups in total. The maximum Gasteiger partial charge on any atom is 0.231 e. The van der Waals surface area contributed by atoms with E-state index in [1.807, 2.05) is 6.07 Å². The molecule has 2 saturated heterocycles. The molecule has 23 heavy (non-hydrogen) atoms. The van der Waals surface area contributed by atoms with E-state index < -0.39 is 0 Å². The summed E-state index contributed by atoms with van der Waals surface area (Å²) in [5.74, 6) is 2.27. The van der Waals surface area contributed by atoms with Crippen LogP contribution in [0.4, 0.5) is 0 Å². The zero-order valence-electron chi connectivity index (χ0n) is 13.3. The molecular formula is C17H22N2O4. The smallest absolute Gasteiger partial charge is 0.231 e. The predicted molar refractivity (Wildman–Crippen MR) is 83.3 cm³/mol. The number of fused-ring (bicyclic) bond motifs is 2. The average Bonchev–Trinajstić information content (AvgIpc) is 3.21. The van der Waals surface area contributed by atoms with Crippen molar-refractivity contribution in [2.45, 2.75) is 31.6 Å². The van der Waals surface area contributed by atoms with Crippen molar-refractivity contribution in [3.8, 4) is 11.5 Å². The molecule has 3 aliphatic heterocycles. The molecule has 0 aliphatic carbocycles. The Morgan fingerprint density at radius 1 is 1.30 bits per heavy atom. The van der Waals surface area contributed by atoms with Crippen molar-refractivity contribution in [3.05, 3.63) is 23.8 Å². The third-order valence-corrected chi connectivity index (χ3v) is 4.92. The highest BCUT2D eigenvalue weighted by Crippen LogP contribution is 2.36. The largest absolute Gasteiger partial charge is 0.454 e. The zero-order valence-corrected chi connectivity index (χ0v) is 13.3. The minimum atomic E-state index is 0.0622. The van der Waals surface area contributed by atoms with Crippen molar-refractivity contribution < 1.29 is 19.0 Å². The topological polar surface area (TPSA) is 60.0 Å². The van der Waals surface area contributed by atoms with Crippen molar-refractivity contribution in [1.82, 2.24) is 10.2 Å². The molecule has 3 aliphatic rings. The van der Waals surface area contributed by atoms with E-state index in [9.17, 15) is 4.79 Å². The lowest BCUT2D eigenvalue weighted by atomic mass is 10.0. The van der Waals surface area contributed by atoms with Crippen LogP contribution in [0.25, 0.3) is 0 Å². The van der Waals surface area contributed by atoms with E-state index in [0.717, 1.165) is 37.6 Å². The van der Waals surface area contributed by atoms with Crippen molar-refractivity contribution in [2.75, 3.05) is 26.9 Å². The predicted octanol–water partition coefficient (Wildman–Crippen LogP) is 1.14. The number of carbonyl (C=O) groups excluding carboxylic acids is 1. The lowest BCUT2D eigenvalue weighted by Gasteiger charge is -2.19. The molecule has 6 nitrogen and oxygen atoms in total. The van der Waals surface area contributed by atoms with Gasteiger partial charge in [-0.1, -0.05) is 6.07 Å². The van der Waals surface area contributed by atoms with E-state index in [1.54, 1.807) is 7.05 Å². The van der Waals surface area contributed by atoms with Gasteiger partial charge in [0, 0.05) is 32.6 Å². The van der Waals surface area contributed by atoms with Crippen LogP contribution in [0, 0.1) is 5.92 Å². The molecule has 0 spiro atoms. The Labute approximate surface area is 135 Å². The van der Waals surface area contributed by atoms with E-state index in [0.29, 0.717) is 19.1 Å². The van der Waals surface area contributed by atoms with Gasteiger partial charge in [0.25, 0.3) is 0 Å². The van der Waals surface area contributed by atoms with Gasteiger partial charge in [-0.15, -0.1) is 0 Å². The number of ether oxygens (including phenoxy) is 3. The Kier molecular flexibility index (Phi) is 3.87. The number of amides is 1. The Balaban J connectivity index is 1.32. The van der Waals surface area contributed by atoms with Crippen LogP contribution < -0.4 is 14.8 Å². The summed E-state index contributed by atoms with van der Waals surface area (Å²) >= 11 is 0. The fourth-order valence-corrected chi connectivity index (χ4v) is 3.82. The summed E-state index contributed by atoms with van der Waals surface area (Å²) in [7, 11) is 1.67. The summed E-state index contributed by atoms with van der Waals surface area (Å²) in [5.41, 5.74) is 1.23. The number of hydrogen-bond donors (Lipinski definition) is 1. The van der Waals surface area contributed by atoms with Gasteiger partial charge >= 0.3 is 0 Å². The fraction of sp³-hybridized carbons (Fsp3) is 0.588. The molecule has 3 heterocycles. The molecule has 1 amide bonds. The van der Waals surface area contributed by atoms with E-state index in [2.05, 4.69) is 22.3 Å². The van der Waals surface area contributed by atoms with Crippen LogP contribution in [-0.2, 0) is 16.1 Å². The number of likely N-dealkylation sites (tertiary alicyclic amines) is 1. The van der Waals surface area contributed by atoms with Crippen LogP contribution in [-0.4, -0.2) is 49.9 Å². The van der Waals surface area contributed by atoms with Gasteiger partial charge in [-0.3, -0.25) is 9.69 Å². The summed E-state index contributed by atoms with van der Waals surface area (Å²) in [6.07, 6.45) is 1.80. The molecule has 2 fully saturated rings. The van der Waals surface area contributed by atoms with Crippen LogP contribution in [0.2, 0.25) is 0 Å². The van der Waals surface area contributed by atoms with Gasteiger partial charge in [0.15, 0.2) is 11.5 Å². The minimum Gasteiger partial charge on any atom is -0.454 e. The summed E-state index contributed by atoms with van der Waals surface area (Å²) in [4.78, 5) is 13.9. The second-order valence-corrected chi connectivity index (χ2v) is 6.55. The van der Waals surface area contributed by atoms with Crippen LogP contribution in [0.1, 0.15) is 18.4 Å². The number of nitrogens with zero attached hydrogens (tertiary/aromatic N) is 1. The second kappa shape index (κ2) is 6.02. The number of rotatable bonds is 4. The van der Waals surface area contributed by atoms with Gasteiger partial charge in [0.1, 0.15) is 0 Å². The molecule has 0 saturated carbocycles. The first-order valence-electron chi connectivity index (χ1n) is 8.18. The number of nitrogens with one attached hydrogen (secondary N) is 1. The van der Waals surface area contributed by atoms with Crippen LogP contribution in [0.15, 0.2) is 18.2 Å². The summed E-state index contributed by atoms with van der Waals surface area (Å²) in [6.45, 7) is 3.17. The normalized spacial score (nSPS) is 28.8. The monoisotopic (exact) mass is 318 g/mol. The van der Waals surface area contributed by atoms with Crippen LogP contribution >= 0.6 is 0 Å². The standard InChI is InChI=1S/C17H22N2O4/c1-18-17(20)6-13-5-12-8-19(9-16(12)23-13)7-11-2-3-14-15(4-11)22-10-21-14/h2-4,12-13,16H,5-10H2,1H3,(H,18,20)/t12-,13-,16+/m0/s1. The van der Waals surface area contributed by atoms with Crippen molar-refractivity contribution in [1.29, 1.82) is 0 Å². The van der Waals surface area contributed by atoms with Gasteiger partial charge in [0.05, 0.1) is 18.6 Å². The minimum absolute atomic E-state index is 0.0622. The van der Waals surface area contributed by atoms with Gasteiger partial charge in [-0.25, -0.2) is 0 Å². The first-order valence-corrected chi connectivity index (χ1v) is 8.18. The first-order chi connectivity index (χ1) is 11.2. The maximum atomic E-state index is 11.5. The molecule has 0 unspecified atom stereocenters. The number of benzene rings is 1. The van der Waals surface area contributed by atoms with E-state index in [4.69, 9.17) is 14.2 Å². The van der Waals surface area contributed by atoms with Gasteiger partial charge in [0.2, 0.25) is 12.7 Å². The quantitative estimate of drug-likeness (QED) is 0.902. The first kappa shape index (κ1) is 14.8. The molecule has 0 bridgehead atoms. The van der Waals surface area contributed by atoms with Gasteiger partial charge in [-0.2, -0.15) is 0 Å². The third-order valence-electron chi connectivity index (χ3n) is 4.92. The molecule has 1 aromatic rings. The number of carbonyl (C=O) groups is 1. The average molecular weight is 318 g/mol. The second-order valence-electron chi connectivity index (χ2n) is 6.55. The van der Waals surface area contributed by atoms with E-state index in [-0.39, 0.29) is 18.1 Å². The fourth-order valence-electron chi connectivity index (χ4n) is 3.82. The van der Waals surface area contributed by atoms with E-state index >= 15 is 0 Å². The summed E-state index contributed by atoms with van der Waals surface area (Å²) in [5, 5.41) is 2.67. The highest BCUT2D eigenvalue weighted by molar-refractivity contribution is 5.76. The summed E-state index contributed by atoms with van der Waals surface area (Å²) < 4.78 is 16.8. The molecule has 3 atom stereocenters. The van der Waals surface area contributed by atoms with Crippen molar-refractivity contribution in [2.24, 2.45) is 5.92 Å². The molecule has 0 radical (unpaired) electrons. The third kappa shape index (κ3) is 3.01. The highest BCUT2D eigenvalue weighted by Gasteiger charge is 2.42. The van der Waals surface area contributed by atoms with Gasteiger partial charge in [-0.05, 0) is 24.1 Å². The van der Waals surface area contributed by atoms with Crippen molar-refractivity contribution in [3.63, 3.8) is 0 Å². The molecule has 6 heteroatoms. The number of hydrogen-bond acceptors (Lipinski definition) is 5. The van der Waals surface area contributed by atoms with Crippen LogP contribution in [0.3, 0.4) is 0 Å². The summed E-state index contributed by atoms with van der Waals surface area (Å²) in [6, 6.07) is 6.13. The molecular weight excluding hydrogens is 296 g/mol. The van der Waals surface area contributed by atoms with Crippen molar-refractivity contribution >= 4 is 5.91 Å². The Morgan fingerprint density at radius 3 is 3.00 bits per heavy atom. The zero-order chi connectivity index (χ0) is 15.8. The SMILES string of the molecule is CNC(=O)C[C@@H]1C[C@H]2CN(Cc3ccc4c(c3)OCO4)C[C@H]2O1. The highest BCUT2D eigenvalue weighted by atomic mass is 16.7. The van der Waals surface area contributed by atoms with E-state index in [1.165, 1.54) is 5.56 Å². The Bertz CT molecular complexity index is 592. The molecule has 0 aromatic heterocycles. The lowest BCUT2D eigenvalue weighted by molar-refractivity contribution is -0.123. The van der Waals surface area contributed by atoms with Crippen LogP contribution in [0.5, 0.6) is 11.5 Å². The molecule has 1 aromatic carbocycles. The Hall–Kier alpha value is -1.79. The molecule has 4 rings (SSSR count). The lowest BCUT2D eigenvalue weighted by Crippen LogP contribution is -2.28. The Morgan fingerprint density at radius 2 is 2.17 bits per heavy atom.